The first-order valence-electron chi connectivity index (χ1n) is 4.49. The predicted octanol–water partition coefficient (Wildman–Crippen LogP) is 1.85. The van der Waals surface area contributed by atoms with E-state index in [1.807, 2.05) is 13.8 Å². The van der Waals surface area contributed by atoms with Crippen LogP contribution in [0.3, 0.4) is 0 Å². The molecular weight excluding hydrogens is 178 g/mol. The lowest BCUT2D eigenvalue weighted by Gasteiger charge is -2.07. The van der Waals surface area contributed by atoms with Crippen LogP contribution in [-0.2, 0) is 0 Å². The van der Waals surface area contributed by atoms with Gasteiger partial charge in [-0.05, 0) is 5.92 Å². The van der Waals surface area contributed by atoms with Crippen molar-refractivity contribution in [2.24, 2.45) is 0 Å². The SMILES string of the molecule is CC(C)c1nc2nccnc2cc1O. The minimum Gasteiger partial charge on any atom is -0.506 e. The van der Waals surface area contributed by atoms with Crippen molar-refractivity contribution >= 4 is 11.2 Å². The summed E-state index contributed by atoms with van der Waals surface area (Å²) in [6.45, 7) is 3.95. The number of fused-ring (bicyclic) bond motifs is 1. The third-order valence-electron chi connectivity index (χ3n) is 2.02. The first-order chi connectivity index (χ1) is 6.68. The first kappa shape index (κ1) is 8.87. The fourth-order valence-corrected chi connectivity index (χ4v) is 1.33. The van der Waals surface area contributed by atoms with Crippen molar-refractivity contribution in [2.75, 3.05) is 0 Å². The van der Waals surface area contributed by atoms with Crippen molar-refractivity contribution in [1.82, 2.24) is 15.0 Å². The minimum atomic E-state index is 0.182. The molecule has 2 aromatic rings. The molecule has 1 N–H and O–H groups in total. The van der Waals surface area contributed by atoms with E-state index in [1.165, 1.54) is 0 Å². The number of aromatic nitrogens is 3. The molecule has 0 atom stereocenters. The van der Waals surface area contributed by atoms with Crippen molar-refractivity contribution in [3.63, 3.8) is 0 Å². The Morgan fingerprint density at radius 1 is 1.21 bits per heavy atom. The van der Waals surface area contributed by atoms with Gasteiger partial charge in [0.2, 0.25) is 0 Å². The van der Waals surface area contributed by atoms with Crippen LogP contribution in [0, 0.1) is 0 Å². The van der Waals surface area contributed by atoms with Gasteiger partial charge < -0.3 is 5.11 Å². The third-order valence-corrected chi connectivity index (χ3v) is 2.02. The lowest BCUT2D eigenvalue weighted by molar-refractivity contribution is 0.461. The van der Waals surface area contributed by atoms with Gasteiger partial charge in [-0.1, -0.05) is 13.8 Å². The van der Waals surface area contributed by atoms with E-state index < -0.39 is 0 Å². The Morgan fingerprint density at radius 3 is 2.64 bits per heavy atom. The van der Waals surface area contributed by atoms with Crippen molar-refractivity contribution in [3.8, 4) is 5.75 Å². The topological polar surface area (TPSA) is 58.9 Å². The molecule has 0 unspecified atom stereocenters. The van der Waals surface area contributed by atoms with Crippen LogP contribution in [-0.4, -0.2) is 20.1 Å². The highest BCUT2D eigenvalue weighted by Gasteiger charge is 2.09. The highest BCUT2D eigenvalue weighted by Crippen LogP contribution is 2.25. The van der Waals surface area contributed by atoms with Crippen LogP contribution in [0.1, 0.15) is 25.5 Å². The largest absolute Gasteiger partial charge is 0.506 e. The van der Waals surface area contributed by atoms with Crippen molar-refractivity contribution < 1.29 is 5.11 Å². The second-order valence-corrected chi connectivity index (χ2v) is 3.45. The highest BCUT2D eigenvalue weighted by atomic mass is 16.3. The maximum atomic E-state index is 9.65. The first-order valence-corrected chi connectivity index (χ1v) is 4.49. The molecule has 0 aliphatic rings. The summed E-state index contributed by atoms with van der Waals surface area (Å²) in [5.74, 6) is 0.370. The maximum absolute atomic E-state index is 9.65. The zero-order chi connectivity index (χ0) is 10.1. The molecular formula is C10H11N3O. The maximum Gasteiger partial charge on any atom is 0.178 e. The Kier molecular flexibility index (Phi) is 2.04. The molecule has 72 valence electrons. The van der Waals surface area contributed by atoms with Gasteiger partial charge in [0.1, 0.15) is 11.3 Å². The van der Waals surface area contributed by atoms with Gasteiger partial charge in [-0.25, -0.2) is 9.97 Å². The van der Waals surface area contributed by atoms with Crippen molar-refractivity contribution in [1.29, 1.82) is 0 Å². The van der Waals surface area contributed by atoms with E-state index in [0.29, 0.717) is 16.9 Å². The van der Waals surface area contributed by atoms with E-state index >= 15 is 0 Å². The molecule has 4 heteroatoms. The number of hydrogen-bond donors (Lipinski definition) is 1. The predicted molar refractivity (Wildman–Crippen MR) is 53.1 cm³/mol. The van der Waals surface area contributed by atoms with Crippen LogP contribution in [0.25, 0.3) is 11.2 Å². The zero-order valence-electron chi connectivity index (χ0n) is 8.10. The summed E-state index contributed by atoms with van der Waals surface area (Å²) < 4.78 is 0. The summed E-state index contributed by atoms with van der Waals surface area (Å²) in [7, 11) is 0. The summed E-state index contributed by atoms with van der Waals surface area (Å²) in [6.07, 6.45) is 3.18. The number of nitrogens with zero attached hydrogens (tertiary/aromatic N) is 3. The molecule has 14 heavy (non-hydrogen) atoms. The smallest absolute Gasteiger partial charge is 0.178 e. The molecule has 0 bridgehead atoms. The minimum absolute atomic E-state index is 0.182. The third kappa shape index (κ3) is 1.39. The monoisotopic (exact) mass is 189 g/mol. The van der Waals surface area contributed by atoms with Crippen LogP contribution in [0.4, 0.5) is 0 Å². The van der Waals surface area contributed by atoms with Crippen molar-refractivity contribution in [2.45, 2.75) is 19.8 Å². The van der Waals surface area contributed by atoms with Gasteiger partial charge in [0, 0.05) is 18.5 Å². The quantitative estimate of drug-likeness (QED) is 0.743. The molecule has 0 amide bonds. The molecule has 2 heterocycles. The van der Waals surface area contributed by atoms with Crippen molar-refractivity contribution in [3.05, 3.63) is 24.2 Å². The molecule has 0 spiro atoms. The lowest BCUT2D eigenvalue weighted by atomic mass is 10.1. The number of rotatable bonds is 1. The van der Waals surface area contributed by atoms with Gasteiger partial charge in [0.15, 0.2) is 5.65 Å². The van der Waals surface area contributed by atoms with E-state index in [0.717, 1.165) is 0 Å². The molecule has 0 aliphatic heterocycles. The summed E-state index contributed by atoms with van der Waals surface area (Å²) in [4.78, 5) is 12.4. The number of aromatic hydroxyl groups is 1. The summed E-state index contributed by atoms with van der Waals surface area (Å²) in [5, 5.41) is 9.65. The van der Waals surface area contributed by atoms with Gasteiger partial charge in [0.25, 0.3) is 0 Å². The Hall–Kier alpha value is -1.71. The fraction of sp³-hybridized carbons (Fsp3) is 0.300. The van der Waals surface area contributed by atoms with Gasteiger partial charge in [-0.2, -0.15) is 0 Å². The second-order valence-electron chi connectivity index (χ2n) is 3.45. The molecule has 4 nitrogen and oxygen atoms in total. The highest BCUT2D eigenvalue weighted by molar-refractivity contribution is 5.71. The standard InChI is InChI=1S/C10H11N3O/c1-6(2)9-8(14)5-7-10(13-9)12-4-3-11-7/h3-6,14H,1-2H3. The molecule has 0 fully saturated rings. The van der Waals surface area contributed by atoms with E-state index in [1.54, 1.807) is 18.5 Å². The Balaban J connectivity index is 2.71. The van der Waals surface area contributed by atoms with Gasteiger partial charge in [0.05, 0.1) is 5.69 Å². The summed E-state index contributed by atoms with van der Waals surface area (Å²) in [6, 6.07) is 1.60. The lowest BCUT2D eigenvalue weighted by Crippen LogP contribution is -1.96. The number of pyridine rings is 1. The number of hydrogen-bond acceptors (Lipinski definition) is 4. The Bertz CT molecular complexity index is 468. The van der Waals surface area contributed by atoms with Gasteiger partial charge >= 0.3 is 0 Å². The fourth-order valence-electron chi connectivity index (χ4n) is 1.33. The molecule has 0 saturated carbocycles. The molecule has 2 aromatic heterocycles. The average molecular weight is 189 g/mol. The zero-order valence-corrected chi connectivity index (χ0v) is 8.10. The van der Waals surface area contributed by atoms with Gasteiger partial charge in [-0.3, -0.25) is 4.98 Å². The van der Waals surface area contributed by atoms with E-state index in [9.17, 15) is 5.11 Å². The van der Waals surface area contributed by atoms with Crippen LogP contribution in [0.5, 0.6) is 5.75 Å². The molecule has 0 saturated heterocycles. The van der Waals surface area contributed by atoms with Crippen LogP contribution in [0.2, 0.25) is 0 Å². The normalized spacial score (nSPS) is 11.1. The molecule has 0 aromatic carbocycles. The summed E-state index contributed by atoms with van der Waals surface area (Å²) in [5.41, 5.74) is 1.86. The van der Waals surface area contributed by atoms with E-state index in [-0.39, 0.29) is 11.7 Å². The average Bonchev–Trinajstić information content (AvgIpc) is 2.16. The van der Waals surface area contributed by atoms with E-state index in [2.05, 4.69) is 15.0 Å². The molecule has 0 aliphatic carbocycles. The van der Waals surface area contributed by atoms with Crippen LogP contribution < -0.4 is 0 Å². The van der Waals surface area contributed by atoms with Crippen LogP contribution in [0.15, 0.2) is 18.5 Å². The summed E-state index contributed by atoms with van der Waals surface area (Å²) >= 11 is 0. The Morgan fingerprint density at radius 2 is 1.93 bits per heavy atom. The second kappa shape index (κ2) is 3.21. The van der Waals surface area contributed by atoms with E-state index in [4.69, 9.17) is 0 Å². The van der Waals surface area contributed by atoms with Gasteiger partial charge in [-0.15, -0.1) is 0 Å². The Labute approximate surface area is 81.7 Å². The molecule has 2 rings (SSSR count). The molecule has 0 radical (unpaired) electrons. The van der Waals surface area contributed by atoms with Crippen LogP contribution >= 0.6 is 0 Å².